The van der Waals surface area contributed by atoms with Gasteiger partial charge in [0.1, 0.15) is 5.76 Å². The Morgan fingerprint density at radius 3 is 2.73 bits per heavy atom. The molecule has 0 radical (unpaired) electrons. The molecular weight excluding hydrogens is 144 g/mol. The van der Waals surface area contributed by atoms with Gasteiger partial charge in [0, 0.05) is 6.07 Å². The molecular formula is C7H10N2O2. The predicted molar refractivity (Wildman–Crippen MR) is 39.1 cm³/mol. The van der Waals surface area contributed by atoms with Crippen LogP contribution in [0.25, 0.3) is 0 Å². The van der Waals surface area contributed by atoms with Crippen molar-refractivity contribution in [3.05, 3.63) is 11.8 Å². The normalized spacial score (nSPS) is 21.2. The first-order valence-electron chi connectivity index (χ1n) is 3.51. The number of nitrogens with two attached hydrogens (primary N) is 1. The molecule has 1 fully saturated rings. The van der Waals surface area contributed by atoms with Gasteiger partial charge in [0.05, 0.1) is 18.6 Å². The molecule has 1 aromatic rings. The Balaban J connectivity index is 2.28. The second-order valence-electron chi connectivity index (χ2n) is 3.17. The number of hydrogen-bond donors (Lipinski definition) is 1. The Hall–Kier alpha value is -1.03. The van der Waals surface area contributed by atoms with E-state index < -0.39 is 0 Å². The molecule has 2 N–H and O–H groups in total. The first kappa shape index (κ1) is 6.67. The van der Waals surface area contributed by atoms with Crippen LogP contribution in [-0.4, -0.2) is 18.4 Å². The number of nitrogen functional groups attached to an aromatic ring is 1. The number of ether oxygens (including phenoxy) is 1. The molecule has 0 atom stereocenters. The largest absolute Gasteiger partial charge is 0.381 e. The quantitative estimate of drug-likeness (QED) is 0.641. The average molecular weight is 154 g/mol. The molecule has 1 saturated heterocycles. The summed E-state index contributed by atoms with van der Waals surface area (Å²) in [6.07, 6.45) is 0. The SMILES string of the molecule is CC1(c2cc(N)no2)COC1. The van der Waals surface area contributed by atoms with Gasteiger partial charge in [-0.15, -0.1) is 0 Å². The summed E-state index contributed by atoms with van der Waals surface area (Å²) < 4.78 is 10.1. The van der Waals surface area contributed by atoms with Crippen molar-refractivity contribution in [1.29, 1.82) is 0 Å². The Bertz CT molecular complexity index is 265. The monoisotopic (exact) mass is 154 g/mol. The van der Waals surface area contributed by atoms with Crippen LogP contribution in [-0.2, 0) is 10.2 Å². The van der Waals surface area contributed by atoms with Crippen LogP contribution < -0.4 is 5.73 Å². The van der Waals surface area contributed by atoms with Crippen molar-refractivity contribution in [2.45, 2.75) is 12.3 Å². The lowest BCUT2D eigenvalue weighted by atomic mass is 9.86. The minimum atomic E-state index is 0.00458. The molecule has 2 rings (SSSR count). The number of rotatable bonds is 1. The summed E-state index contributed by atoms with van der Waals surface area (Å²) in [5.41, 5.74) is 5.41. The molecule has 0 aromatic carbocycles. The van der Waals surface area contributed by atoms with Crippen molar-refractivity contribution in [1.82, 2.24) is 5.16 Å². The summed E-state index contributed by atoms with van der Waals surface area (Å²) in [6.45, 7) is 3.46. The van der Waals surface area contributed by atoms with E-state index in [2.05, 4.69) is 12.1 Å². The van der Waals surface area contributed by atoms with Gasteiger partial charge in [-0.3, -0.25) is 0 Å². The highest BCUT2D eigenvalue weighted by Gasteiger charge is 2.38. The Morgan fingerprint density at radius 2 is 2.36 bits per heavy atom. The van der Waals surface area contributed by atoms with Gasteiger partial charge in [0.2, 0.25) is 0 Å². The Morgan fingerprint density at radius 1 is 1.64 bits per heavy atom. The fraction of sp³-hybridized carbons (Fsp3) is 0.571. The molecule has 1 aliphatic heterocycles. The number of anilines is 1. The zero-order valence-corrected chi connectivity index (χ0v) is 6.33. The van der Waals surface area contributed by atoms with Crippen molar-refractivity contribution >= 4 is 5.82 Å². The van der Waals surface area contributed by atoms with E-state index in [-0.39, 0.29) is 5.41 Å². The highest BCUT2D eigenvalue weighted by molar-refractivity contribution is 5.31. The lowest BCUT2D eigenvalue weighted by Gasteiger charge is -2.35. The van der Waals surface area contributed by atoms with Crippen LogP contribution in [0.5, 0.6) is 0 Å². The fourth-order valence-electron chi connectivity index (χ4n) is 1.12. The Labute approximate surface area is 64.3 Å². The van der Waals surface area contributed by atoms with Crippen LogP contribution in [0.1, 0.15) is 12.7 Å². The van der Waals surface area contributed by atoms with Crippen LogP contribution >= 0.6 is 0 Å². The minimum Gasteiger partial charge on any atom is -0.381 e. The second-order valence-corrected chi connectivity index (χ2v) is 3.17. The van der Waals surface area contributed by atoms with Gasteiger partial charge in [-0.2, -0.15) is 0 Å². The maximum Gasteiger partial charge on any atom is 0.167 e. The van der Waals surface area contributed by atoms with Gasteiger partial charge in [-0.05, 0) is 6.92 Å². The van der Waals surface area contributed by atoms with E-state index in [0.29, 0.717) is 19.0 Å². The van der Waals surface area contributed by atoms with Crippen molar-refractivity contribution < 1.29 is 9.26 Å². The van der Waals surface area contributed by atoms with Gasteiger partial charge >= 0.3 is 0 Å². The first-order valence-corrected chi connectivity index (χ1v) is 3.51. The number of aromatic nitrogens is 1. The van der Waals surface area contributed by atoms with Crippen LogP contribution in [0.4, 0.5) is 5.82 Å². The molecule has 4 nitrogen and oxygen atoms in total. The third-order valence-electron chi connectivity index (χ3n) is 1.96. The van der Waals surface area contributed by atoms with Crippen LogP contribution in [0.3, 0.4) is 0 Å². The van der Waals surface area contributed by atoms with Gasteiger partial charge in [0.15, 0.2) is 5.82 Å². The summed E-state index contributed by atoms with van der Waals surface area (Å²) in [4.78, 5) is 0. The molecule has 0 aliphatic carbocycles. The van der Waals surface area contributed by atoms with E-state index in [1.54, 1.807) is 6.07 Å². The van der Waals surface area contributed by atoms with Crippen molar-refractivity contribution in [3.63, 3.8) is 0 Å². The molecule has 1 aliphatic rings. The maximum absolute atomic E-state index is 5.41. The van der Waals surface area contributed by atoms with E-state index in [1.807, 2.05) is 0 Å². The summed E-state index contributed by atoms with van der Waals surface area (Å²) in [5, 5.41) is 3.61. The van der Waals surface area contributed by atoms with Crippen molar-refractivity contribution in [2.24, 2.45) is 0 Å². The zero-order chi connectivity index (χ0) is 7.90. The molecule has 0 spiro atoms. The summed E-state index contributed by atoms with van der Waals surface area (Å²) in [7, 11) is 0. The van der Waals surface area contributed by atoms with Crippen LogP contribution in [0.15, 0.2) is 10.6 Å². The van der Waals surface area contributed by atoms with E-state index in [1.165, 1.54) is 0 Å². The van der Waals surface area contributed by atoms with E-state index in [4.69, 9.17) is 15.0 Å². The smallest absolute Gasteiger partial charge is 0.167 e. The highest BCUT2D eigenvalue weighted by Crippen LogP contribution is 2.32. The third kappa shape index (κ3) is 0.903. The van der Waals surface area contributed by atoms with E-state index in [9.17, 15) is 0 Å². The van der Waals surface area contributed by atoms with E-state index in [0.717, 1.165) is 5.76 Å². The molecule has 0 bridgehead atoms. The molecule has 0 saturated carbocycles. The number of hydrogen-bond acceptors (Lipinski definition) is 4. The van der Waals surface area contributed by atoms with Crippen molar-refractivity contribution in [3.8, 4) is 0 Å². The fourth-order valence-corrected chi connectivity index (χ4v) is 1.12. The second kappa shape index (κ2) is 1.98. The Kier molecular flexibility index (Phi) is 1.20. The van der Waals surface area contributed by atoms with E-state index >= 15 is 0 Å². The molecule has 4 heteroatoms. The average Bonchev–Trinajstić information content (AvgIpc) is 2.31. The summed E-state index contributed by atoms with van der Waals surface area (Å²) in [5.74, 6) is 1.26. The topological polar surface area (TPSA) is 61.3 Å². The lowest BCUT2D eigenvalue weighted by molar-refractivity contribution is -0.0619. The minimum absolute atomic E-state index is 0.00458. The van der Waals surface area contributed by atoms with Crippen LogP contribution in [0.2, 0.25) is 0 Å². The highest BCUT2D eigenvalue weighted by atomic mass is 16.5. The van der Waals surface area contributed by atoms with Gasteiger partial charge in [-0.1, -0.05) is 5.16 Å². The summed E-state index contributed by atoms with van der Waals surface area (Å²) >= 11 is 0. The third-order valence-corrected chi connectivity index (χ3v) is 1.96. The van der Waals surface area contributed by atoms with Crippen molar-refractivity contribution in [2.75, 3.05) is 18.9 Å². The zero-order valence-electron chi connectivity index (χ0n) is 6.33. The van der Waals surface area contributed by atoms with Gasteiger partial charge in [-0.25, -0.2) is 0 Å². The van der Waals surface area contributed by atoms with Gasteiger partial charge in [0.25, 0.3) is 0 Å². The molecule has 1 aromatic heterocycles. The molecule has 2 heterocycles. The summed E-state index contributed by atoms with van der Waals surface area (Å²) in [6, 6.07) is 1.75. The molecule has 0 unspecified atom stereocenters. The number of nitrogens with zero attached hydrogens (tertiary/aromatic N) is 1. The van der Waals surface area contributed by atoms with Gasteiger partial charge < -0.3 is 15.0 Å². The standard InChI is InChI=1S/C7H10N2O2/c1-7(3-10-4-7)5-2-6(8)9-11-5/h2H,3-4H2,1H3,(H2,8,9). The molecule has 60 valence electrons. The lowest BCUT2D eigenvalue weighted by Crippen LogP contribution is -2.43. The van der Waals surface area contributed by atoms with Crippen LogP contribution in [0, 0.1) is 0 Å². The first-order chi connectivity index (χ1) is 5.21. The molecule has 0 amide bonds. The molecule has 11 heavy (non-hydrogen) atoms. The predicted octanol–water partition coefficient (Wildman–Crippen LogP) is 0.545. The maximum atomic E-state index is 5.41.